The van der Waals surface area contributed by atoms with E-state index >= 15 is 0 Å². The molecule has 4 aromatic rings. The average molecular weight is 457 g/mol. The lowest BCUT2D eigenvalue weighted by molar-refractivity contribution is 0.262. The average Bonchev–Trinajstić information content (AvgIpc) is 3.25. The second-order valence-corrected chi connectivity index (χ2v) is 8.84. The highest BCUT2D eigenvalue weighted by Crippen LogP contribution is 2.27. The first-order valence-electron chi connectivity index (χ1n) is 11.0. The fraction of sp³-hybridized carbons (Fsp3) is 0.192. The summed E-state index contributed by atoms with van der Waals surface area (Å²) in [4.78, 5) is 16.8. The van der Waals surface area contributed by atoms with Crippen molar-refractivity contribution in [3.05, 3.63) is 90.4 Å². The maximum absolute atomic E-state index is 12.8. The SMILES string of the molecule is CC(C)(C)c1cc(NC(=O)Nc2ccc(Oc3cccnc3)cc2)n(-c2ccc(CN)cc2)n1. The number of carbonyl (C=O) groups is 1. The normalized spacial score (nSPS) is 11.2. The fourth-order valence-electron chi connectivity index (χ4n) is 3.24. The molecule has 4 rings (SSSR count). The Kier molecular flexibility index (Phi) is 6.60. The topological polar surface area (TPSA) is 107 Å². The number of pyridine rings is 1. The van der Waals surface area contributed by atoms with Crippen molar-refractivity contribution in [2.45, 2.75) is 32.7 Å². The monoisotopic (exact) mass is 456 g/mol. The van der Waals surface area contributed by atoms with E-state index in [9.17, 15) is 4.79 Å². The summed E-state index contributed by atoms with van der Waals surface area (Å²) >= 11 is 0. The van der Waals surface area contributed by atoms with Crippen LogP contribution in [0.4, 0.5) is 16.3 Å². The molecule has 0 fully saturated rings. The molecule has 0 unspecified atom stereocenters. The first-order chi connectivity index (χ1) is 16.3. The van der Waals surface area contributed by atoms with Gasteiger partial charge in [0.2, 0.25) is 0 Å². The fourth-order valence-corrected chi connectivity index (χ4v) is 3.24. The maximum Gasteiger partial charge on any atom is 0.324 e. The van der Waals surface area contributed by atoms with Crippen LogP contribution in [0.5, 0.6) is 11.5 Å². The summed E-state index contributed by atoms with van der Waals surface area (Å²) in [7, 11) is 0. The summed E-state index contributed by atoms with van der Waals surface area (Å²) in [6, 6.07) is 20.0. The van der Waals surface area contributed by atoms with Gasteiger partial charge in [0.25, 0.3) is 0 Å². The van der Waals surface area contributed by atoms with Gasteiger partial charge in [-0.05, 0) is 54.1 Å². The molecule has 2 aromatic carbocycles. The van der Waals surface area contributed by atoms with Crippen LogP contribution in [0.2, 0.25) is 0 Å². The molecule has 0 saturated heterocycles. The molecule has 2 aromatic heterocycles. The Morgan fingerprint density at radius 2 is 1.74 bits per heavy atom. The van der Waals surface area contributed by atoms with Crippen molar-refractivity contribution in [3.8, 4) is 17.2 Å². The molecule has 8 nitrogen and oxygen atoms in total. The van der Waals surface area contributed by atoms with Crippen molar-refractivity contribution in [2.75, 3.05) is 10.6 Å². The summed E-state index contributed by atoms with van der Waals surface area (Å²) in [5.41, 5.74) is 8.89. The predicted octanol–water partition coefficient (Wildman–Crippen LogP) is 5.46. The molecule has 2 amide bonds. The van der Waals surface area contributed by atoms with E-state index < -0.39 is 0 Å². The number of carbonyl (C=O) groups excluding carboxylic acids is 1. The minimum Gasteiger partial charge on any atom is -0.456 e. The molecule has 0 bridgehead atoms. The van der Waals surface area contributed by atoms with Crippen LogP contribution in [0.3, 0.4) is 0 Å². The van der Waals surface area contributed by atoms with Crippen LogP contribution < -0.4 is 21.1 Å². The Bertz CT molecular complexity index is 1240. The van der Waals surface area contributed by atoms with Gasteiger partial charge in [0.1, 0.15) is 17.3 Å². The Morgan fingerprint density at radius 1 is 1.00 bits per heavy atom. The molecule has 4 N–H and O–H groups in total. The molecule has 174 valence electrons. The smallest absolute Gasteiger partial charge is 0.324 e. The number of rotatable bonds is 6. The molecule has 0 spiro atoms. The van der Waals surface area contributed by atoms with Crippen LogP contribution in [0.1, 0.15) is 32.0 Å². The molecule has 0 saturated carbocycles. The van der Waals surface area contributed by atoms with E-state index in [2.05, 4.69) is 36.4 Å². The van der Waals surface area contributed by atoms with Gasteiger partial charge in [-0.25, -0.2) is 9.48 Å². The Morgan fingerprint density at radius 3 is 2.35 bits per heavy atom. The molecule has 8 heteroatoms. The highest BCUT2D eigenvalue weighted by atomic mass is 16.5. The van der Waals surface area contributed by atoms with Crippen LogP contribution in [-0.4, -0.2) is 20.8 Å². The summed E-state index contributed by atoms with van der Waals surface area (Å²) in [6.07, 6.45) is 3.32. The van der Waals surface area contributed by atoms with Crippen molar-refractivity contribution in [3.63, 3.8) is 0 Å². The van der Waals surface area contributed by atoms with Gasteiger partial charge in [-0.15, -0.1) is 0 Å². The van der Waals surface area contributed by atoms with Crippen LogP contribution >= 0.6 is 0 Å². The quantitative estimate of drug-likeness (QED) is 0.357. The number of nitrogens with zero attached hydrogens (tertiary/aromatic N) is 3. The highest BCUT2D eigenvalue weighted by Gasteiger charge is 2.21. The van der Waals surface area contributed by atoms with E-state index in [-0.39, 0.29) is 11.4 Å². The molecule has 0 aliphatic carbocycles. The standard InChI is InChI=1S/C26H28N6O2/c1-26(2,3)23-15-24(32(31-23)20-10-6-18(16-27)7-11-20)30-25(33)29-19-8-12-21(13-9-19)34-22-5-4-14-28-17-22/h4-15,17H,16,27H2,1-3H3,(H2,29,30,33). The summed E-state index contributed by atoms with van der Waals surface area (Å²) in [5, 5.41) is 10.5. The third kappa shape index (κ3) is 5.60. The third-order valence-electron chi connectivity index (χ3n) is 5.12. The minimum absolute atomic E-state index is 0.181. The number of urea groups is 1. The predicted molar refractivity (Wildman–Crippen MR) is 134 cm³/mol. The lowest BCUT2D eigenvalue weighted by atomic mass is 9.92. The molecular weight excluding hydrogens is 428 g/mol. The van der Waals surface area contributed by atoms with Crippen molar-refractivity contribution < 1.29 is 9.53 Å². The first-order valence-corrected chi connectivity index (χ1v) is 11.0. The molecular formula is C26H28N6O2. The second-order valence-electron chi connectivity index (χ2n) is 8.84. The van der Waals surface area contributed by atoms with E-state index in [0.29, 0.717) is 29.5 Å². The maximum atomic E-state index is 12.8. The van der Waals surface area contributed by atoms with Gasteiger partial charge in [0.15, 0.2) is 0 Å². The van der Waals surface area contributed by atoms with Crippen molar-refractivity contribution in [2.24, 2.45) is 5.73 Å². The Labute approximate surface area is 198 Å². The van der Waals surface area contributed by atoms with Gasteiger partial charge >= 0.3 is 6.03 Å². The van der Waals surface area contributed by atoms with E-state index in [1.54, 1.807) is 47.4 Å². The van der Waals surface area contributed by atoms with E-state index in [1.165, 1.54) is 0 Å². The number of hydrogen-bond donors (Lipinski definition) is 3. The third-order valence-corrected chi connectivity index (χ3v) is 5.12. The van der Waals surface area contributed by atoms with Crippen LogP contribution in [-0.2, 0) is 12.0 Å². The van der Waals surface area contributed by atoms with Crippen molar-refractivity contribution in [1.29, 1.82) is 0 Å². The highest BCUT2D eigenvalue weighted by molar-refractivity contribution is 5.99. The number of anilines is 2. The zero-order valence-electron chi connectivity index (χ0n) is 19.4. The zero-order chi connectivity index (χ0) is 24.1. The molecule has 34 heavy (non-hydrogen) atoms. The second kappa shape index (κ2) is 9.76. The number of ether oxygens (including phenoxy) is 1. The van der Waals surface area contributed by atoms with E-state index in [4.69, 9.17) is 15.6 Å². The van der Waals surface area contributed by atoms with Crippen molar-refractivity contribution >= 4 is 17.5 Å². The first kappa shape index (κ1) is 23.0. The molecule has 0 atom stereocenters. The van der Waals surface area contributed by atoms with Crippen molar-refractivity contribution in [1.82, 2.24) is 14.8 Å². The summed E-state index contributed by atoms with van der Waals surface area (Å²) in [5.74, 6) is 1.86. The van der Waals surface area contributed by atoms with Crippen LogP contribution in [0, 0.1) is 0 Å². The number of aromatic nitrogens is 3. The zero-order valence-corrected chi connectivity index (χ0v) is 19.4. The van der Waals surface area contributed by atoms with E-state index in [1.807, 2.05) is 36.4 Å². The molecule has 0 radical (unpaired) electrons. The number of benzene rings is 2. The summed E-state index contributed by atoms with van der Waals surface area (Å²) in [6.45, 7) is 6.70. The number of hydrogen-bond acceptors (Lipinski definition) is 5. The van der Waals surface area contributed by atoms with Gasteiger partial charge in [-0.2, -0.15) is 5.10 Å². The molecule has 0 aliphatic heterocycles. The van der Waals surface area contributed by atoms with Gasteiger partial charge < -0.3 is 15.8 Å². The van der Waals surface area contributed by atoms with Gasteiger partial charge in [0.05, 0.1) is 17.6 Å². The molecule has 0 aliphatic rings. The Hall–Kier alpha value is -4.17. The summed E-state index contributed by atoms with van der Waals surface area (Å²) < 4.78 is 7.47. The van der Waals surface area contributed by atoms with Gasteiger partial charge in [0, 0.05) is 29.9 Å². The van der Waals surface area contributed by atoms with Crippen LogP contribution in [0.15, 0.2) is 79.1 Å². The van der Waals surface area contributed by atoms with Crippen LogP contribution in [0.25, 0.3) is 5.69 Å². The number of nitrogens with two attached hydrogens (primary N) is 1. The lowest BCUT2D eigenvalue weighted by Crippen LogP contribution is -2.21. The number of amides is 2. The number of nitrogens with one attached hydrogen (secondary N) is 2. The Balaban J connectivity index is 1.49. The molecule has 2 heterocycles. The largest absolute Gasteiger partial charge is 0.456 e. The van der Waals surface area contributed by atoms with Gasteiger partial charge in [-0.3, -0.25) is 10.3 Å². The van der Waals surface area contributed by atoms with E-state index in [0.717, 1.165) is 16.9 Å². The lowest BCUT2D eigenvalue weighted by Gasteiger charge is -2.14. The van der Waals surface area contributed by atoms with Gasteiger partial charge in [-0.1, -0.05) is 32.9 Å². The minimum atomic E-state index is -0.374.